The van der Waals surface area contributed by atoms with Crippen molar-refractivity contribution in [3.63, 3.8) is 0 Å². The van der Waals surface area contributed by atoms with Crippen LogP contribution in [0.25, 0.3) is 16.8 Å². The van der Waals surface area contributed by atoms with E-state index in [-0.39, 0.29) is 0 Å². The van der Waals surface area contributed by atoms with Crippen LogP contribution < -0.4 is 5.32 Å². The van der Waals surface area contributed by atoms with Gasteiger partial charge in [0.2, 0.25) is 5.95 Å². The van der Waals surface area contributed by atoms with Gasteiger partial charge < -0.3 is 5.32 Å². The van der Waals surface area contributed by atoms with Crippen LogP contribution in [0.4, 0.5) is 11.6 Å². The van der Waals surface area contributed by atoms with Crippen molar-refractivity contribution in [3.05, 3.63) is 36.3 Å². The summed E-state index contributed by atoms with van der Waals surface area (Å²) in [6, 6.07) is 6.61. The van der Waals surface area contributed by atoms with Crippen molar-refractivity contribution < 1.29 is 0 Å². The zero-order valence-corrected chi connectivity index (χ0v) is 16.0. The molecule has 1 aliphatic heterocycles. The first kappa shape index (κ1) is 16.4. The van der Waals surface area contributed by atoms with Gasteiger partial charge in [-0.15, -0.1) is 5.10 Å². The van der Waals surface area contributed by atoms with Gasteiger partial charge in [-0.2, -0.15) is 0 Å². The van der Waals surface area contributed by atoms with Gasteiger partial charge in [-0.25, -0.2) is 14.5 Å². The molecule has 0 radical (unpaired) electrons. The van der Waals surface area contributed by atoms with Crippen molar-refractivity contribution in [1.29, 1.82) is 0 Å². The standard InChI is InChI=1S/C21H24N6/c1-4-15-13(3)23-18-8-7-17(25-20(15)18)16-9-10-27-19(16)11-22-21(26-27)24-12(2)14-5-6-14/h7-12,14-15H,4-6H2,1-3H3,(H,24,26)/t12-,15?/m0/s1. The van der Waals surface area contributed by atoms with E-state index in [0.717, 1.165) is 46.2 Å². The van der Waals surface area contributed by atoms with E-state index >= 15 is 0 Å². The lowest BCUT2D eigenvalue weighted by Crippen LogP contribution is -2.19. The van der Waals surface area contributed by atoms with Crippen molar-refractivity contribution in [2.24, 2.45) is 10.9 Å². The second-order valence-corrected chi connectivity index (χ2v) is 7.73. The van der Waals surface area contributed by atoms with Gasteiger partial charge in [0.15, 0.2) is 0 Å². The van der Waals surface area contributed by atoms with E-state index in [1.54, 1.807) is 0 Å². The van der Waals surface area contributed by atoms with Gasteiger partial charge in [0.25, 0.3) is 0 Å². The van der Waals surface area contributed by atoms with Gasteiger partial charge in [-0.3, -0.25) is 4.99 Å². The summed E-state index contributed by atoms with van der Waals surface area (Å²) in [6.07, 6.45) is 7.49. The van der Waals surface area contributed by atoms with Crippen LogP contribution in [0.3, 0.4) is 0 Å². The second kappa shape index (κ2) is 6.15. The summed E-state index contributed by atoms with van der Waals surface area (Å²) < 4.78 is 1.89. The molecule has 1 aliphatic carbocycles. The number of fused-ring (bicyclic) bond motifs is 2. The number of aliphatic imine (C=N–C) groups is 1. The highest BCUT2D eigenvalue weighted by molar-refractivity contribution is 5.96. The summed E-state index contributed by atoms with van der Waals surface area (Å²) in [5, 5.41) is 8.05. The number of anilines is 1. The largest absolute Gasteiger partial charge is 0.350 e. The van der Waals surface area contributed by atoms with Gasteiger partial charge in [-0.1, -0.05) is 6.92 Å². The topological polar surface area (TPSA) is 67.5 Å². The van der Waals surface area contributed by atoms with Crippen molar-refractivity contribution in [2.75, 3.05) is 5.32 Å². The maximum absolute atomic E-state index is 4.95. The fraction of sp³-hybridized carbons (Fsp3) is 0.429. The Bertz CT molecular complexity index is 1050. The number of nitrogens with one attached hydrogen (secondary N) is 1. The molecule has 0 spiro atoms. The highest BCUT2D eigenvalue weighted by atomic mass is 15.3. The highest BCUT2D eigenvalue weighted by Crippen LogP contribution is 2.38. The van der Waals surface area contributed by atoms with Crippen LogP contribution in [0.2, 0.25) is 0 Å². The fourth-order valence-corrected chi connectivity index (χ4v) is 4.02. The fourth-order valence-electron chi connectivity index (χ4n) is 4.02. The summed E-state index contributed by atoms with van der Waals surface area (Å²) in [4.78, 5) is 14.2. The second-order valence-electron chi connectivity index (χ2n) is 7.73. The molecule has 2 aliphatic rings. The van der Waals surface area contributed by atoms with E-state index in [2.05, 4.69) is 53.3 Å². The third-order valence-corrected chi connectivity index (χ3v) is 5.82. The van der Waals surface area contributed by atoms with Crippen LogP contribution in [0.15, 0.2) is 35.6 Å². The molecule has 3 aromatic heterocycles. The molecule has 5 rings (SSSR count). The van der Waals surface area contributed by atoms with Crippen molar-refractivity contribution in [3.8, 4) is 11.3 Å². The number of nitrogens with zero attached hydrogens (tertiary/aromatic N) is 5. The van der Waals surface area contributed by atoms with Crippen LogP contribution in [-0.2, 0) is 0 Å². The normalized spacial score (nSPS) is 19.8. The van der Waals surface area contributed by atoms with E-state index in [1.807, 2.05) is 23.0 Å². The molecule has 0 saturated heterocycles. The monoisotopic (exact) mass is 360 g/mol. The van der Waals surface area contributed by atoms with Crippen LogP contribution >= 0.6 is 0 Å². The van der Waals surface area contributed by atoms with Crippen molar-refractivity contribution in [1.82, 2.24) is 19.6 Å². The van der Waals surface area contributed by atoms with Crippen LogP contribution in [0.5, 0.6) is 0 Å². The quantitative estimate of drug-likeness (QED) is 0.722. The smallest absolute Gasteiger partial charge is 0.241 e. The summed E-state index contributed by atoms with van der Waals surface area (Å²) in [5.41, 5.74) is 6.22. The Morgan fingerprint density at radius 3 is 2.89 bits per heavy atom. The summed E-state index contributed by atoms with van der Waals surface area (Å²) >= 11 is 0. The van der Waals surface area contributed by atoms with E-state index in [1.165, 1.54) is 12.8 Å². The Balaban J connectivity index is 1.48. The average Bonchev–Trinajstić information content (AvgIpc) is 3.36. The van der Waals surface area contributed by atoms with E-state index in [0.29, 0.717) is 17.9 Å². The first-order valence-electron chi connectivity index (χ1n) is 9.81. The minimum Gasteiger partial charge on any atom is -0.350 e. The molecule has 1 N–H and O–H groups in total. The Morgan fingerprint density at radius 1 is 1.26 bits per heavy atom. The molecular formula is C21H24N6. The van der Waals surface area contributed by atoms with Crippen LogP contribution in [0.1, 0.15) is 51.6 Å². The van der Waals surface area contributed by atoms with Gasteiger partial charge in [0.1, 0.15) is 0 Å². The molecule has 3 aromatic rings. The lowest BCUT2D eigenvalue weighted by atomic mass is 9.98. The van der Waals surface area contributed by atoms with Gasteiger partial charge >= 0.3 is 0 Å². The molecule has 1 fully saturated rings. The molecule has 0 aromatic carbocycles. The third-order valence-electron chi connectivity index (χ3n) is 5.82. The minimum absolute atomic E-state index is 0.324. The first-order chi connectivity index (χ1) is 13.1. The first-order valence-corrected chi connectivity index (χ1v) is 9.81. The number of hydrogen-bond acceptors (Lipinski definition) is 5. The predicted molar refractivity (Wildman–Crippen MR) is 108 cm³/mol. The highest BCUT2D eigenvalue weighted by Gasteiger charge is 2.28. The molecule has 0 bridgehead atoms. The maximum atomic E-state index is 4.95. The van der Waals surface area contributed by atoms with Gasteiger partial charge in [0.05, 0.1) is 28.8 Å². The molecule has 1 saturated carbocycles. The van der Waals surface area contributed by atoms with Crippen molar-refractivity contribution >= 4 is 22.9 Å². The lowest BCUT2D eigenvalue weighted by Gasteiger charge is -2.12. The van der Waals surface area contributed by atoms with Crippen LogP contribution in [0, 0.1) is 5.92 Å². The van der Waals surface area contributed by atoms with Gasteiger partial charge in [0, 0.05) is 29.4 Å². The molecular weight excluding hydrogens is 336 g/mol. The van der Waals surface area contributed by atoms with Gasteiger partial charge in [-0.05, 0) is 57.2 Å². The SMILES string of the molecule is CCC1C(C)=Nc2ccc(-c3ccn4nc(N[C@@H](C)C5CC5)ncc34)nc21. The lowest BCUT2D eigenvalue weighted by molar-refractivity contribution is 0.681. The molecule has 27 heavy (non-hydrogen) atoms. The molecule has 1 unspecified atom stereocenters. The molecule has 4 heterocycles. The van der Waals surface area contributed by atoms with Crippen molar-refractivity contribution in [2.45, 2.75) is 52.0 Å². The number of aromatic nitrogens is 4. The predicted octanol–water partition coefficient (Wildman–Crippen LogP) is 4.60. The summed E-state index contributed by atoms with van der Waals surface area (Å²) in [5.74, 6) is 1.77. The average molecular weight is 360 g/mol. The number of hydrogen-bond donors (Lipinski definition) is 1. The molecule has 6 nitrogen and oxygen atoms in total. The Morgan fingerprint density at radius 2 is 2.11 bits per heavy atom. The van der Waals surface area contributed by atoms with E-state index in [4.69, 9.17) is 4.98 Å². The maximum Gasteiger partial charge on any atom is 0.241 e. The summed E-state index contributed by atoms with van der Waals surface area (Å²) in [7, 11) is 0. The van der Waals surface area contributed by atoms with Crippen LogP contribution in [-0.4, -0.2) is 31.3 Å². The number of rotatable bonds is 5. The van der Waals surface area contributed by atoms with E-state index in [9.17, 15) is 0 Å². The molecule has 0 amide bonds. The third kappa shape index (κ3) is 2.80. The Hall–Kier alpha value is -2.76. The molecule has 138 valence electrons. The Kier molecular flexibility index (Phi) is 3.74. The molecule has 2 atom stereocenters. The molecule has 6 heteroatoms. The number of pyridine rings is 1. The zero-order chi connectivity index (χ0) is 18.5. The van der Waals surface area contributed by atoms with E-state index < -0.39 is 0 Å². The minimum atomic E-state index is 0.324. The Labute approximate surface area is 158 Å². The summed E-state index contributed by atoms with van der Waals surface area (Å²) in [6.45, 7) is 6.48. The zero-order valence-electron chi connectivity index (χ0n) is 16.0.